The lowest BCUT2D eigenvalue weighted by atomic mass is 9.96. The van der Waals surface area contributed by atoms with Gasteiger partial charge in [0.25, 0.3) is 0 Å². The largest absolute Gasteiger partial charge is 0.369 e. The molecule has 3 atom stereocenters. The molecule has 10 heavy (non-hydrogen) atoms. The SMILES string of the molecule is [N-]=[N+]=N[C@H]1CCC[C@@H]2O[C@H]12. The van der Waals surface area contributed by atoms with Gasteiger partial charge in [0.05, 0.1) is 18.2 Å². The molecule has 54 valence electrons. The van der Waals surface area contributed by atoms with Crippen molar-refractivity contribution in [3.63, 3.8) is 0 Å². The molecule has 1 heterocycles. The van der Waals surface area contributed by atoms with Gasteiger partial charge < -0.3 is 4.74 Å². The Kier molecular flexibility index (Phi) is 1.29. The van der Waals surface area contributed by atoms with Crippen molar-refractivity contribution in [1.82, 2.24) is 0 Å². The first kappa shape index (κ1) is 6.01. The molecule has 2 aliphatic rings. The van der Waals surface area contributed by atoms with Crippen molar-refractivity contribution >= 4 is 0 Å². The summed E-state index contributed by atoms with van der Waals surface area (Å²) in [5, 5.41) is 3.66. The van der Waals surface area contributed by atoms with Crippen molar-refractivity contribution < 1.29 is 4.74 Å². The summed E-state index contributed by atoms with van der Waals surface area (Å²) in [5.74, 6) is 0. The topological polar surface area (TPSA) is 61.3 Å². The highest BCUT2D eigenvalue weighted by molar-refractivity contribution is 4.98. The number of azide groups is 1. The zero-order valence-corrected chi connectivity index (χ0v) is 5.60. The highest BCUT2D eigenvalue weighted by Gasteiger charge is 2.46. The first-order chi connectivity index (χ1) is 4.92. The van der Waals surface area contributed by atoms with Crippen LogP contribution in [-0.2, 0) is 4.74 Å². The second kappa shape index (κ2) is 2.15. The van der Waals surface area contributed by atoms with Crippen molar-refractivity contribution in [3.8, 4) is 0 Å². The van der Waals surface area contributed by atoms with E-state index < -0.39 is 0 Å². The molecule has 1 saturated heterocycles. The van der Waals surface area contributed by atoms with Crippen molar-refractivity contribution in [2.45, 2.75) is 37.5 Å². The van der Waals surface area contributed by atoms with Gasteiger partial charge in [0, 0.05) is 4.91 Å². The Labute approximate surface area is 58.8 Å². The summed E-state index contributed by atoms with van der Waals surface area (Å²) in [6, 6.07) is 0.128. The van der Waals surface area contributed by atoms with E-state index in [2.05, 4.69) is 10.0 Å². The van der Waals surface area contributed by atoms with Crippen LogP contribution in [0, 0.1) is 0 Å². The number of hydrogen-bond donors (Lipinski definition) is 0. The predicted octanol–water partition coefficient (Wildman–Crippen LogP) is 1.62. The molecule has 1 saturated carbocycles. The van der Waals surface area contributed by atoms with Gasteiger partial charge in [0.1, 0.15) is 0 Å². The minimum absolute atomic E-state index is 0.128. The van der Waals surface area contributed by atoms with E-state index in [4.69, 9.17) is 10.3 Å². The maximum Gasteiger partial charge on any atom is 0.0926 e. The number of fused-ring (bicyclic) bond motifs is 1. The Balaban J connectivity index is 2.01. The van der Waals surface area contributed by atoms with Gasteiger partial charge in [0.2, 0.25) is 0 Å². The third kappa shape index (κ3) is 0.856. The lowest BCUT2D eigenvalue weighted by Gasteiger charge is -2.10. The molecular formula is C6H9N3O. The van der Waals surface area contributed by atoms with E-state index in [0.717, 1.165) is 19.3 Å². The van der Waals surface area contributed by atoms with E-state index in [-0.39, 0.29) is 12.1 Å². The molecule has 4 heteroatoms. The first-order valence-electron chi connectivity index (χ1n) is 3.61. The standard InChI is InChI=1S/C6H9N3O/c7-9-8-4-2-1-3-5-6(4)10-5/h4-6H,1-3H2/t4-,5-,6+/m0/s1. The Morgan fingerprint density at radius 3 is 3.20 bits per heavy atom. The van der Waals surface area contributed by atoms with E-state index in [9.17, 15) is 0 Å². The second-order valence-electron chi connectivity index (χ2n) is 2.84. The number of rotatable bonds is 1. The van der Waals surface area contributed by atoms with Crippen LogP contribution in [0.25, 0.3) is 10.4 Å². The molecule has 0 spiro atoms. The van der Waals surface area contributed by atoms with Crippen molar-refractivity contribution in [3.05, 3.63) is 10.4 Å². The number of nitrogens with zero attached hydrogens (tertiary/aromatic N) is 3. The number of hydrogen-bond acceptors (Lipinski definition) is 2. The molecule has 0 N–H and O–H groups in total. The van der Waals surface area contributed by atoms with Crippen LogP contribution in [-0.4, -0.2) is 18.2 Å². The van der Waals surface area contributed by atoms with Crippen molar-refractivity contribution in [2.75, 3.05) is 0 Å². The minimum Gasteiger partial charge on any atom is -0.369 e. The van der Waals surface area contributed by atoms with E-state index in [1.54, 1.807) is 0 Å². The van der Waals surface area contributed by atoms with Gasteiger partial charge in [-0.2, -0.15) is 0 Å². The van der Waals surface area contributed by atoms with Gasteiger partial charge in [-0.15, -0.1) is 0 Å². The number of epoxide rings is 1. The van der Waals surface area contributed by atoms with Crippen LogP contribution in [0.3, 0.4) is 0 Å². The third-order valence-corrected chi connectivity index (χ3v) is 2.19. The third-order valence-electron chi connectivity index (χ3n) is 2.19. The molecule has 0 aromatic rings. The monoisotopic (exact) mass is 139 g/mol. The van der Waals surface area contributed by atoms with Gasteiger partial charge in [-0.05, 0) is 18.4 Å². The summed E-state index contributed by atoms with van der Waals surface area (Å²) in [6.45, 7) is 0. The van der Waals surface area contributed by atoms with E-state index >= 15 is 0 Å². The Morgan fingerprint density at radius 1 is 1.50 bits per heavy atom. The van der Waals surface area contributed by atoms with Crippen molar-refractivity contribution in [2.24, 2.45) is 5.11 Å². The minimum atomic E-state index is 0.128. The summed E-state index contributed by atoms with van der Waals surface area (Å²) >= 11 is 0. The fourth-order valence-corrected chi connectivity index (χ4v) is 1.61. The molecule has 0 aromatic carbocycles. The summed E-state index contributed by atoms with van der Waals surface area (Å²) in [5.41, 5.74) is 8.16. The van der Waals surface area contributed by atoms with Crippen LogP contribution in [0.5, 0.6) is 0 Å². The van der Waals surface area contributed by atoms with Gasteiger partial charge in [-0.1, -0.05) is 11.5 Å². The Morgan fingerprint density at radius 2 is 2.40 bits per heavy atom. The molecule has 0 aromatic heterocycles. The quantitative estimate of drug-likeness (QED) is 0.235. The fourth-order valence-electron chi connectivity index (χ4n) is 1.61. The van der Waals surface area contributed by atoms with Crippen LogP contribution in [0.15, 0.2) is 5.11 Å². The smallest absolute Gasteiger partial charge is 0.0926 e. The molecule has 1 aliphatic carbocycles. The number of ether oxygens (including phenoxy) is 1. The zero-order valence-electron chi connectivity index (χ0n) is 5.60. The second-order valence-corrected chi connectivity index (χ2v) is 2.84. The van der Waals surface area contributed by atoms with Crippen molar-refractivity contribution in [1.29, 1.82) is 0 Å². The van der Waals surface area contributed by atoms with Crippen LogP contribution in [0.4, 0.5) is 0 Å². The van der Waals surface area contributed by atoms with E-state index in [1.165, 1.54) is 0 Å². The maximum atomic E-state index is 8.16. The average Bonchev–Trinajstić information content (AvgIpc) is 2.67. The average molecular weight is 139 g/mol. The predicted molar refractivity (Wildman–Crippen MR) is 35.4 cm³/mol. The van der Waals surface area contributed by atoms with Crippen LogP contribution in [0.1, 0.15) is 19.3 Å². The summed E-state index contributed by atoms with van der Waals surface area (Å²) in [7, 11) is 0. The van der Waals surface area contributed by atoms with Gasteiger partial charge in [-0.25, -0.2) is 0 Å². The zero-order chi connectivity index (χ0) is 6.97. The molecule has 0 radical (unpaired) electrons. The van der Waals surface area contributed by atoms with Crippen LogP contribution >= 0.6 is 0 Å². The van der Waals surface area contributed by atoms with E-state index in [1.807, 2.05) is 0 Å². The molecule has 2 rings (SSSR count). The first-order valence-corrected chi connectivity index (χ1v) is 3.61. The molecule has 0 unspecified atom stereocenters. The van der Waals surface area contributed by atoms with Crippen LogP contribution < -0.4 is 0 Å². The lowest BCUT2D eigenvalue weighted by Crippen LogP contribution is -2.18. The normalized spacial score (nSPS) is 43.4. The van der Waals surface area contributed by atoms with Gasteiger partial charge in [-0.3, -0.25) is 0 Å². The Hall–Kier alpha value is -0.730. The fraction of sp³-hybridized carbons (Fsp3) is 1.00. The molecule has 2 fully saturated rings. The lowest BCUT2D eigenvalue weighted by molar-refractivity contribution is 0.359. The van der Waals surface area contributed by atoms with Gasteiger partial charge in [0.15, 0.2) is 0 Å². The summed E-state index contributed by atoms with van der Waals surface area (Å²) in [4.78, 5) is 2.78. The Bertz CT molecular complexity index is 187. The summed E-state index contributed by atoms with van der Waals surface area (Å²) in [6.07, 6.45) is 3.99. The molecule has 0 bridgehead atoms. The highest BCUT2D eigenvalue weighted by atomic mass is 16.6. The summed E-state index contributed by atoms with van der Waals surface area (Å²) < 4.78 is 5.28. The van der Waals surface area contributed by atoms with E-state index in [0.29, 0.717) is 6.10 Å². The highest BCUT2D eigenvalue weighted by Crippen LogP contribution is 2.38. The molecular weight excluding hydrogens is 130 g/mol. The molecule has 0 amide bonds. The van der Waals surface area contributed by atoms with Crippen LogP contribution in [0.2, 0.25) is 0 Å². The molecule has 4 nitrogen and oxygen atoms in total. The molecule has 1 aliphatic heterocycles. The maximum absolute atomic E-state index is 8.16. The van der Waals surface area contributed by atoms with Gasteiger partial charge >= 0.3 is 0 Å².